The number of hydrogen-bond donors (Lipinski definition) is 1. The summed E-state index contributed by atoms with van der Waals surface area (Å²) >= 11 is 1.51. The molecule has 3 rings (SSSR count). The van der Waals surface area contributed by atoms with Gasteiger partial charge in [0.1, 0.15) is 5.82 Å². The maximum Gasteiger partial charge on any atom is 0.205 e. The van der Waals surface area contributed by atoms with E-state index in [-0.39, 0.29) is 0 Å². The number of aromatic nitrogens is 4. The fraction of sp³-hybridized carbons (Fsp3) is 0.684. The molecule has 1 saturated heterocycles. The van der Waals surface area contributed by atoms with E-state index in [2.05, 4.69) is 57.3 Å². The minimum Gasteiger partial charge on any atom is -0.357 e. The molecule has 0 atom stereocenters. The Morgan fingerprint density at radius 2 is 1.93 bits per heavy atom. The van der Waals surface area contributed by atoms with Crippen LogP contribution in [0.5, 0.6) is 0 Å². The molecule has 0 amide bonds. The first-order valence-corrected chi connectivity index (χ1v) is 10.9. The van der Waals surface area contributed by atoms with Crippen molar-refractivity contribution >= 4 is 22.6 Å². The zero-order chi connectivity index (χ0) is 20.1. The summed E-state index contributed by atoms with van der Waals surface area (Å²) in [5.74, 6) is 1.95. The number of anilines is 1. The van der Waals surface area contributed by atoms with Gasteiger partial charge in [0, 0.05) is 70.0 Å². The molecule has 0 saturated carbocycles. The molecule has 28 heavy (non-hydrogen) atoms. The molecule has 0 unspecified atom stereocenters. The minimum atomic E-state index is 0.770. The van der Waals surface area contributed by atoms with E-state index in [1.807, 2.05) is 11.7 Å². The molecule has 1 aliphatic heterocycles. The molecule has 9 heteroatoms. The van der Waals surface area contributed by atoms with Crippen LogP contribution in [0.4, 0.5) is 5.13 Å². The Balaban J connectivity index is 1.58. The molecule has 1 N–H and O–H groups in total. The standard InChI is InChI=1S/C19H32N8S/c1-6-17-22-19(28-24-17)27-12-10-26(11-13-27)18(20-7-2)21-9-8-16-14(3)23-25(5)15(16)4/h6-13H2,1-5H3,(H,20,21). The predicted molar refractivity (Wildman–Crippen MR) is 115 cm³/mol. The molecule has 2 aromatic heterocycles. The third kappa shape index (κ3) is 4.63. The van der Waals surface area contributed by atoms with Crippen LogP contribution in [0.3, 0.4) is 0 Å². The normalized spacial score (nSPS) is 15.4. The second-order valence-electron chi connectivity index (χ2n) is 7.08. The summed E-state index contributed by atoms with van der Waals surface area (Å²) in [5.41, 5.74) is 3.65. The van der Waals surface area contributed by atoms with Gasteiger partial charge in [-0.1, -0.05) is 6.92 Å². The average Bonchev–Trinajstić information content (AvgIpc) is 3.27. The maximum absolute atomic E-state index is 4.89. The van der Waals surface area contributed by atoms with E-state index in [0.717, 1.165) is 74.7 Å². The summed E-state index contributed by atoms with van der Waals surface area (Å²) in [6.07, 6.45) is 1.81. The van der Waals surface area contributed by atoms with Crippen LogP contribution < -0.4 is 10.2 Å². The van der Waals surface area contributed by atoms with Crippen molar-refractivity contribution in [3.63, 3.8) is 0 Å². The van der Waals surface area contributed by atoms with Crippen molar-refractivity contribution in [3.8, 4) is 0 Å². The highest BCUT2D eigenvalue weighted by Crippen LogP contribution is 2.19. The molecule has 8 nitrogen and oxygen atoms in total. The van der Waals surface area contributed by atoms with Gasteiger partial charge >= 0.3 is 0 Å². The van der Waals surface area contributed by atoms with Crippen LogP contribution in [0.25, 0.3) is 0 Å². The number of rotatable bonds is 6. The summed E-state index contributed by atoms with van der Waals surface area (Å²) in [4.78, 5) is 14.2. The van der Waals surface area contributed by atoms with Gasteiger partial charge in [-0.15, -0.1) is 0 Å². The summed E-state index contributed by atoms with van der Waals surface area (Å²) in [6, 6.07) is 0. The van der Waals surface area contributed by atoms with Gasteiger partial charge in [-0.3, -0.25) is 9.67 Å². The van der Waals surface area contributed by atoms with Gasteiger partial charge < -0.3 is 15.1 Å². The lowest BCUT2D eigenvalue weighted by Gasteiger charge is -2.36. The van der Waals surface area contributed by atoms with Gasteiger partial charge in [-0.25, -0.2) is 4.98 Å². The minimum absolute atomic E-state index is 0.770. The number of piperazine rings is 1. The van der Waals surface area contributed by atoms with Crippen LogP contribution in [-0.4, -0.2) is 69.3 Å². The molecular formula is C19H32N8S. The molecule has 0 bridgehead atoms. The number of aliphatic imine (C=N–C) groups is 1. The number of hydrogen-bond acceptors (Lipinski definition) is 6. The van der Waals surface area contributed by atoms with Gasteiger partial charge in [0.15, 0.2) is 5.96 Å². The molecule has 1 aliphatic rings. The molecule has 0 radical (unpaired) electrons. The van der Waals surface area contributed by atoms with Crippen molar-refractivity contribution < 1.29 is 0 Å². The Labute approximate surface area is 171 Å². The molecule has 2 aromatic rings. The quantitative estimate of drug-likeness (QED) is 0.584. The van der Waals surface area contributed by atoms with Crippen LogP contribution in [0.2, 0.25) is 0 Å². The highest BCUT2D eigenvalue weighted by atomic mass is 32.1. The van der Waals surface area contributed by atoms with Gasteiger partial charge in [-0.05, 0) is 32.8 Å². The lowest BCUT2D eigenvalue weighted by molar-refractivity contribution is 0.372. The zero-order valence-electron chi connectivity index (χ0n) is 17.7. The van der Waals surface area contributed by atoms with Crippen molar-refractivity contribution in [2.75, 3.05) is 44.2 Å². The molecule has 1 fully saturated rings. The lowest BCUT2D eigenvalue weighted by Crippen LogP contribution is -2.52. The first-order valence-electron chi connectivity index (χ1n) is 10.1. The second-order valence-corrected chi connectivity index (χ2v) is 7.81. The van der Waals surface area contributed by atoms with Gasteiger partial charge in [0.05, 0.1) is 5.69 Å². The number of nitrogens with zero attached hydrogens (tertiary/aromatic N) is 7. The van der Waals surface area contributed by atoms with E-state index in [0.29, 0.717) is 0 Å². The molecule has 0 aliphatic carbocycles. The van der Waals surface area contributed by atoms with Crippen molar-refractivity contribution in [2.24, 2.45) is 12.0 Å². The monoisotopic (exact) mass is 404 g/mol. The molecular weight excluding hydrogens is 372 g/mol. The fourth-order valence-corrected chi connectivity index (χ4v) is 4.31. The molecule has 0 aromatic carbocycles. The van der Waals surface area contributed by atoms with Gasteiger partial charge in [-0.2, -0.15) is 9.47 Å². The average molecular weight is 405 g/mol. The Bertz CT molecular complexity index is 801. The summed E-state index contributed by atoms with van der Waals surface area (Å²) in [6.45, 7) is 13.8. The lowest BCUT2D eigenvalue weighted by atomic mass is 10.1. The number of guanidine groups is 1. The van der Waals surface area contributed by atoms with E-state index in [9.17, 15) is 0 Å². The number of aryl methyl sites for hydroxylation is 3. The van der Waals surface area contributed by atoms with E-state index < -0.39 is 0 Å². The molecule has 154 valence electrons. The first kappa shape index (κ1) is 20.6. The van der Waals surface area contributed by atoms with Crippen molar-refractivity contribution in [1.29, 1.82) is 0 Å². The van der Waals surface area contributed by atoms with Gasteiger partial charge in [0.25, 0.3) is 0 Å². The smallest absolute Gasteiger partial charge is 0.205 e. The topological polar surface area (TPSA) is 74.5 Å². The van der Waals surface area contributed by atoms with E-state index in [1.165, 1.54) is 22.8 Å². The van der Waals surface area contributed by atoms with Crippen molar-refractivity contribution in [2.45, 2.75) is 40.5 Å². The maximum atomic E-state index is 4.89. The predicted octanol–water partition coefficient (Wildman–Crippen LogP) is 1.78. The van der Waals surface area contributed by atoms with Crippen molar-refractivity contribution in [1.82, 2.24) is 29.4 Å². The Kier molecular flexibility index (Phi) is 6.88. The zero-order valence-corrected chi connectivity index (χ0v) is 18.5. The SMILES string of the molecule is CCNC(=NCCc1c(C)nn(C)c1C)N1CCN(c2nc(CC)ns2)CC1. The third-order valence-electron chi connectivity index (χ3n) is 5.24. The Hall–Kier alpha value is -2.16. The largest absolute Gasteiger partial charge is 0.357 e. The Morgan fingerprint density at radius 1 is 1.18 bits per heavy atom. The second kappa shape index (κ2) is 9.36. The molecule has 0 spiro atoms. The van der Waals surface area contributed by atoms with Crippen molar-refractivity contribution in [3.05, 3.63) is 22.8 Å². The fourth-order valence-electron chi connectivity index (χ4n) is 3.51. The summed E-state index contributed by atoms with van der Waals surface area (Å²) in [7, 11) is 2.00. The summed E-state index contributed by atoms with van der Waals surface area (Å²) < 4.78 is 6.37. The van der Waals surface area contributed by atoms with E-state index in [4.69, 9.17) is 4.99 Å². The van der Waals surface area contributed by atoms with E-state index in [1.54, 1.807) is 0 Å². The number of nitrogens with one attached hydrogen (secondary N) is 1. The summed E-state index contributed by atoms with van der Waals surface area (Å²) in [5, 5.41) is 9.00. The highest BCUT2D eigenvalue weighted by Gasteiger charge is 2.22. The highest BCUT2D eigenvalue weighted by molar-refractivity contribution is 7.09. The van der Waals surface area contributed by atoms with E-state index >= 15 is 0 Å². The first-order chi connectivity index (χ1) is 13.5. The van der Waals surface area contributed by atoms with Crippen LogP contribution in [0.15, 0.2) is 4.99 Å². The molecule has 3 heterocycles. The third-order valence-corrected chi connectivity index (χ3v) is 6.06. The van der Waals surface area contributed by atoms with Crippen LogP contribution in [-0.2, 0) is 19.9 Å². The van der Waals surface area contributed by atoms with Gasteiger partial charge in [0.2, 0.25) is 5.13 Å². The Morgan fingerprint density at radius 3 is 2.50 bits per heavy atom. The van der Waals surface area contributed by atoms with Crippen LogP contribution in [0, 0.1) is 13.8 Å². The van der Waals surface area contributed by atoms with Crippen LogP contribution in [0.1, 0.15) is 36.6 Å². The van der Waals surface area contributed by atoms with Crippen LogP contribution >= 0.6 is 11.5 Å².